The summed E-state index contributed by atoms with van der Waals surface area (Å²) in [6, 6.07) is 5.13. The van der Waals surface area contributed by atoms with Crippen molar-refractivity contribution in [2.24, 2.45) is 0 Å². The minimum Gasteiger partial charge on any atom is -0.314 e. The SMILES string of the molecule is CCCCCCC(CCc1cccs1)NCC. The summed E-state index contributed by atoms with van der Waals surface area (Å²) < 4.78 is 0. The fourth-order valence-electron chi connectivity index (χ4n) is 2.23. The Hall–Kier alpha value is -0.340. The van der Waals surface area contributed by atoms with E-state index in [4.69, 9.17) is 0 Å². The number of unbranched alkanes of at least 4 members (excludes halogenated alkanes) is 3. The van der Waals surface area contributed by atoms with Crippen LogP contribution in [0.2, 0.25) is 0 Å². The third kappa shape index (κ3) is 6.85. The zero-order valence-electron chi connectivity index (χ0n) is 11.4. The van der Waals surface area contributed by atoms with Gasteiger partial charge in [0.15, 0.2) is 0 Å². The Morgan fingerprint density at radius 1 is 1.18 bits per heavy atom. The second-order valence-corrected chi connectivity index (χ2v) is 5.75. The van der Waals surface area contributed by atoms with Crippen LogP contribution in [0.5, 0.6) is 0 Å². The fraction of sp³-hybridized carbons (Fsp3) is 0.733. The highest BCUT2D eigenvalue weighted by Crippen LogP contribution is 2.15. The van der Waals surface area contributed by atoms with Crippen LogP contribution in [0.4, 0.5) is 0 Å². The van der Waals surface area contributed by atoms with E-state index in [-0.39, 0.29) is 0 Å². The lowest BCUT2D eigenvalue weighted by molar-refractivity contribution is 0.442. The zero-order valence-corrected chi connectivity index (χ0v) is 12.2. The van der Waals surface area contributed by atoms with E-state index in [0.717, 1.165) is 12.6 Å². The van der Waals surface area contributed by atoms with Gasteiger partial charge in [0.25, 0.3) is 0 Å². The average Bonchev–Trinajstić information content (AvgIpc) is 2.84. The molecule has 0 amide bonds. The summed E-state index contributed by atoms with van der Waals surface area (Å²) >= 11 is 1.89. The van der Waals surface area contributed by atoms with E-state index >= 15 is 0 Å². The van der Waals surface area contributed by atoms with Crippen LogP contribution in [-0.2, 0) is 6.42 Å². The van der Waals surface area contributed by atoms with Gasteiger partial charge in [-0.25, -0.2) is 0 Å². The highest BCUT2D eigenvalue weighted by molar-refractivity contribution is 7.09. The van der Waals surface area contributed by atoms with Crippen LogP contribution in [0, 0.1) is 0 Å². The Morgan fingerprint density at radius 2 is 2.06 bits per heavy atom. The molecular weight excluding hydrogens is 226 g/mol. The van der Waals surface area contributed by atoms with Crippen molar-refractivity contribution in [2.45, 2.75) is 64.8 Å². The van der Waals surface area contributed by atoms with Gasteiger partial charge in [0.2, 0.25) is 0 Å². The number of nitrogens with one attached hydrogen (secondary N) is 1. The molecule has 0 saturated carbocycles. The molecule has 1 N–H and O–H groups in total. The average molecular weight is 253 g/mol. The van der Waals surface area contributed by atoms with Gasteiger partial charge in [-0.2, -0.15) is 0 Å². The van der Waals surface area contributed by atoms with Gasteiger partial charge in [-0.15, -0.1) is 11.3 Å². The van der Waals surface area contributed by atoms with E-state index in [1.54, 1.807) is 0 Å². The third-order valence-electron chi connectivity index (χ3n) is 3.22. The van der Waals surface area contributed by atoms with Crippen molar-refractivity contribution < 1.29 is 0 Å². The predicted molar refractivity (Wildman–Crippen MR) is 78.9 cm³/mol. The topological polar surface area (TPSA) is 12.0 Å². The second kappa shape index (κ2) is 9.67. The molecule has 1 rings (SSSR count). The standard InChI is InChI=1S/C15H27NS/c1-3-5-6-7-9-14(16-4-2)11-12-15-10-8-13-17-15/h8,10,13-14,16H,3-7,9,11-12H2,1-2H3. The van der Waals surface area contributed by atoms with Gasteiger partial charge in [-0.05, 0) is 37.3 Å². The van der Waals surface area contributed by atoms with Crippen molar-refractivity contribution >= 4 is 11.3 Å². The van der Waals surface area contributed by atoms with Crippen molar-refractivity contribution in [3.63, 3.8) is 0 Å². The van der Waals surface area contributed by atoms with E-state index in [2.05, 4.69) is 36.7 Å². The summed E-state index contributed by atoms with van der Waals surface area (Å²) in [6.07, 6.45) is 9.39. The van der Waals surface area contributed by atoms with Crippen molar-refractivity contribution in [1.82, 2.24) is 5.32 Å². The summed E-state index contributed by atoms with van der Waals surface area (Å²) in [4.78, 5) is 1.53. The molecule has 1 aromatic heterocycles. The lowest BCUT2D eigenvalue weighted by Gasteiger charge is -2.17. The first kappa shape index (κ1) is 14.7. The maximum atomic E-state index is 3.63. The summed E-state index contributed by atoms with van der Waals surface area (Å²) in [7, 11) is 0. The summed E-state index contributed by atoms with van der Waals surface area (Å²) in [5.41, 5.74) is 0. The lowest BCUT2D eigenvalue weighted by Crippen LogP contribution is -2.29. The maximum absolute atomic E-state index is 3.63. The third-order valence-corrected chi connectivity index (χ3v) is 4.15. The molecule has 1 aromatic rings. The molecule has 98 valence electrons. The number of hydrogen-bond donors (Lipinski definition) is 1. The van der Waals surface area contributed by atoms with Crippen LogP contribution in [0.15, 0.2) is 17.5 Å². The quantitative estimate of drug-likeness (QED) is 0.600. The predicted octanol–water partition coefficient (Wildman–Crippen LogP) is 4.63. The molecular formula is C15H27NS. The van der Waals surface area contributed by atoms with Gasteiger partial charge >= 0.3 is 0 Å². The monoisotopic (exact) mass is 253 g/mol. The molecule has 0 radical (unpaired) electrons. The lowest BCUT2D eigenvalue weighted by atomic mass is 10.0. The Morgan fingerprint density at radius 3 is 2.71 bits per heavy atom. The largest absolute Gasteiger partial charge is 0.314 e. The first-order valence-electron chi connectivity index (χ1n) is 7.12. The Labute approximate surface area is 111 Å². The van der Waals surface area contributed by atoms with Crippen LogP contribution >= 0.6 is 11.3 Å². The Balaban J connectivity index is 2.17. The number of aryl methyl sites for hydroxylation is 1. The molecule has 0 fully saturated rings. The molecule has 0 aliphatic rings. The van der Waals surface area contributed by atoms with Crippen LogP contribution in [0.1, 0.15) is 57.2 Å². The van der Waals surface area contributed by atoms with Gasteiger partial charge in [0, 0.05) is 10.9 Å². The molecule has 0 aliphatic carbocycles. The highest BCUT2D eigenvalue weighted by Gasteiger charge is 2.07. The van der Waals surface area contributed by atoms with Gasteiger partial charge in [-0.1, -0.05) is 45.6 Å². The Kier molecular flexibility index (Phi) is 8.37. The normalized spacial score (nSPS) is 12.8. The van der Waals surface area contributed by atoms with Crippen molar-refractivity contribution in [1.29, 1.82) is 0 Å². The molecule has 2 heteroatoms. The van der Waals surface area contributed by atoms with Crippen LogP contribution in [0.3, 0.4) is 0 Å². The molecule has 1 atom stereocenters. The maximum Gasteiger partial charge on any atom is 0.00704 e. The first-order chi connectivity index (χ1) is 8.36. The van der Waals surface area contributed by atoms with E-state index in [1.165, 1.54) is 49.8 Å². The van der Waals surface area contributed by atoms with Crippen molar-refractivity contribution in [3.8, 4) is 0 Å². The number of hydrogen-bond acceptors (Lipinski definition) is 2. The van der Waals surface area contributed by atoms with Gasteiger partial charge in [-0.3, -0.25) is 0 Å². The Bertz CT molecular complexity index is 256. The van der Waals surface area contributed by atoms with Crippen molar-refractivity contribution in [2.75, 3.05) is 6.54 Å². The minimum atomic E-state index is 0.721. The van der Waals surface area contributed by atoms with Gasteiger partial charge in [0.1, 0.15) is 0 Å². The summed E-state index contributed by atoms with van der Waals surface area (Å²) in [5.74, 6) is 0. The van der Waals surface area contributed by atoms with E-state index < -0.39 is 0 Å². The van der Waals surface area contributed by atoms with Gasteiger partial charge < -0.3 is 5.32 Å². The van der Waals surface area contributed by atoms with E-state index in [1.807, 2.05) is 11.3 Å². The summed E-state index contributed by atoms with van der Waals surface area (Å²) in [6.45, 7) is 5.59. The molecule has 0 bridgehead atoms. The molecule has 17 heavy (non-hydrogen) atoms. The van der Waals surface area contributed by atoms with Crippen LogP contribution in [-0.4, -0.2) is 12.6 Å². The van der Waals surface area contributed by atoms with Crippen molar-refractivity contribution in [3.05, 3.63) is 22.4 Å². The molecule has 0 aromatic carbocycles. The van der Waals surface area contributed by atoms with E-state index in [0.29, 0.717) is 0 Å². The van der Waals surface area contributed by atoms with Crippen LogP contribution in [0.25, 0.3) is 0 Å². The molecule has 0 aliphatic heterocycles. The first-order valence-corrected chi connectivity index (χ1v) is 8.00. The molecule has 0 spiro atoms. The second-order valence-electron chi connectivity index (χ2n) is 4.72. The fourth-order valence-corrected chi connectivity index (χ4v) is 2.95. The molecule has 1 nitrogen and oxygen atoms in total. The molecule has 1 unspecified atom stereocenters. The van der Waals surface area contributed by atoms with Crippen LogP contribution < -0.4 is 5.32 Å². The minimum absolute atomic E-state index is 0.721. The molecule has 1 heterocycles. The number of rotatable bonds is 10. The summed E-state index contributed by atoms with van der Waals surface area (Å²) in [5, 5.41) is 5.81. The zero-order chi connectivity index (χ0) is 12.3. The molecule has 0 saturated heterocycles. The van der Waals surface area contributed by atoms with E-state index in [9.17, 15) is 0 Å². The van der Waals surface area contributed by atoms with Gasteiger partial charge in [0.05, 0.1) is 0 Å². The smallest absolute Gasteiger partial charge is 0.00704 e. The highest BCUT2D eigenvalue weighted by atomic mass is 32.1. The number of thiophene rings is 1.